The maximum atomic E-state index is 5.62. The highest BCUT2D eigenvalue weighted by atomic mass is 32.1. The Morgan fingerprint density at radius 3 is 1.59 bits per heavy atom. The lowest BCUT2D eigenvalue weighted by molar-refractivity contribution is 0.381. The lowest BCUT2D eigenvalue weighted by atomic mass is 10.2. The van der Waals surface area contributed by atoms with Gasteiger partial charge in [0.1, 0.15) is 0 Å². The average Bonchev–Trinajstić information content (AvgIpc) is 2.53. The zero-order valence-electron chi connectivity index (χ0n) is 15.5. The van der Waals surface area contributed by atoms with E-state index in [0.717, 1.165) is 24.7 Å². The van der Waals surface area contributed by atoms with Gasteiger partial charge < -0.3 is 10.2 Å². The molecule has 2 nitrogen and oxygen atoms in total. The fraction of sp³-hybridized carbons (Fsp3) is 0.947. The first-order valence-corrected chi connectivity index (χ1v) is 10.2. The van der Waals surface area contributed by atoms with Gasteiger partial charge in [-0.15, -0.1) is 0 Å². The Bertz CT molecular complexity index is 232. The maximum Gasteiger partial charge on any atom is 0.168 e. The summed E-state index contributed by atoms with van der Waals surface area (Å²) in [5.41, 5.74) is 0. The number of unbranched alkanes of at least 4 members (excludes halogenated alkanes) is 9. The summed E-state index contributed by atoms with van der Waals surface area (Å²) in [7, 11) is 0. The summed E-state index contributed by atoms with van der Waals surface area (Å²) < 4.78 is 0. The van der Waals surface area contributed by atoms with E-state index in [1.54, 1.807) is 0 Å². The van der Waals surface area contributed by atoms with E-state index in [9.17, 15) is 0 Å². The molecule has 0 aliphatic rings. The van der Waals surface area contributed by atoms with Gasteiger partial charge in [0, 0.05) is 19.6 Å². The van der Waals surface area contributed by atoms with E-state index < -0.39 is 0 Å². The minimum Gasteiger partial charge on any atom is -0.363 e. The third kappa shape index (κ3) is 13.4. The van der Waals surface area contributed by atoms with Crippen molar-refractivity contribution in [2.24, 2.45) is 0 Å². The normalized spacial score (nSPS) is 10.7. The second-order valence-corrected chi connectivity index (χ2v) is 6.79. The minimum absolute atomic E-state index is 0.990. The van der Waals surface area contributed by atoms with E-state index in [1.165, 1.54) is 77.0 Å². The van der Waals surface area contributed by atoms with Gasteiger partial charge in [-0.25, -0.2) is 0 Å². The molecule has 0 heterocycles. The van der Waals surface area contributed by atoms with Crippen molar-refractivity contribution in [1.29, 1.82) is 0 Å². The molecule has 0 rings (SSSR count). The van der Waals surface area contributed by atoms with Crippen LogP contribution in [0, 0.1) is 0 Å². The van der Waals surface area contributed by atoms with Crippen LogP contribution in [-0.2, 0) is 0 Å². The monoisotopic (exact) mass is 328 g/mol. The van der Waals surface area contributed by atoms with Gasteiger partial charge in [0.05, 0.1) is 0 Å². The topological polar surface area (TPSA) is 15.3 Å². The lowest BCUT2D eigenvalue weighted by Crippen LogP contribution is -2.41. The molecule has 0 radical (unpaired) electrons. The van der Waals surface area contributed by atoms with E-state index in [1.807, 2.05) is 0 Å². The van der Waals surface area contributed by atoms with Crippen LogP contribution in [0.3, 0.4) is 0 Å². The molecule has 3 heteroatoms. The van der Waals surface area contributed by atoms with Crippen molar-refractivity contribution in [3.05, 3.63) is 0 Å². The largest absolute Gasteiger partial charge is 0.363 e. The number of hydrogen-bond acceptors (Lipinski definition) is 1. The summed E-state index contributed by atoms with van der Waals surface area (Å²) in [6.07, 6.45) is 15.7. The van der Waals surface area contributed by atoms with Crippen LogP contribution in [-0.4, -0.2) is 29.6 Å². The second kappa shape index (κ2) is 17.1. The molecule has 0 saturated carbocycles. The molecule has 0 atom stereocenters. The highest BCUT2D eigenvalue weighted by Gasteiger charge is 2.08. The van der Waals surface area contributed by atoms with Crippen molar-refractivity contribution in [2.75, 3.05) is 19.6 Å². The summed E-state index contributed by atoms with van der Waals surface area (Å²) in [6.45, 7) is 10.1. The number of rotatable bonds is 15. The summed E-state index contributed by atoms with van der Waals surface area (Å²) in [6, 6.07) is 0. The highest BCUT2D eigenvalue weighted by Crippen LogP contribution is 2.06. The molecule has 0 amide bonds. The molecule has 0 aromatic rings. The smallest absolute Gasteiger partial charge is 0.168 e. The van der Waals surface area contributed by atoms with Crippen LogP contribution in [0.25, 0.3) is 0 Å². The maximum absolute atomic E-state index is 5.62. The van der Waals surface area contributed by atoms with Gasteiger partial charge in [0.15, 0.2) is 5.11 Å². The van der Waals surface area contributed by atoms with Gasteiger partial charge in [-0.2, -0.15) is 0 Å². The summed E-state index contributed by atoms with van der Waals surface area (Å²) in [5.74, 6) is 0. The molecule has 132 valence electrons. The first kappa shape index (κ1) is 21.7. The predicted molar refractivity (Wildman–Crippen MR) is 105 cm³/mol. The molecule has 1 N–H and O–H groups in total. The summed E-state index contributed by atoms with van der Waals surface area (Å²) in [5, 5.41) is 4.47. The molecular weight excluding hydrogens is 288 g/mol. The molecule has 0 saturated heterocycles. The molecule has 0 aliphatic carbocycles. The fourth-order valence-corrected chi connectivity index (χ4v) is 2.92. The van der Waals surface area contributed by atoms with Crippen LogP contribution >= 0.6 is 12.2 Å². The van der Waals surface area contributed by atoms with E-state index in [2.05, 4.69) is 31.0 Å². The quantitative estimate of drug-likeness (QED) is 0.297. The fourth-order valence-electron chi connectivity index (χ4n) is 2.63. The molecule has 0 spiro atoms. The molecule has 0 fully saturated rings. The molecular formula is C19H40N2S. The number of thiocarbonyl (C=S) groups is 1. The van der Waals surface area contributed by atoms with Gasteiger partial charge in [0.2, 0.25) is 0 Å². The van der Waals surface area contributed by atoms with Crippen molar-refractivity contribution in [2.45, 2.75) is 97.8 Å². The summed E-state index contributed by atoms with van der Waals surface area (Å²) in [4.78, 5) is 2.42. The van der Waals surface area contributed by atoms with Crippen molar-refractivity contribution < 1.29 is 0 Å². The van der Waals surface area contributed by atoms with Crippen molar-refractivity contribution in [3.63, 3.8) is 0 Å². The summed E-state index contributed by atoms with van der Waals surface area (Å²) >= 11 is 5.62. The number of nitrogens with one attached hydrogen (secondary N) is 1. The van der Waals surface area contributed by atoms with E-state index in [4.69, 9.17) is 12.2 Å². The molecule has 0 bridgehead atoms. The third-order valence-electron chi connectivity index (χ3n) is 4.16. The molecule has 0 aromatic carbocycles. The van der Waals surface area contributed by atoms with E-state index in [0.29, 0.717) is 0 Å². The standard InChI is InChI=1S/C19H40N2S/c1-4-7-10-13-16-20-19(22)21(17-14-11-8-5-2)18-15-12-9-6-3/h4-18H2,1-3H3,(H,20,22). The van der Waals surface area contributed by atoms with Crippen LogP contribution < -0.4 is 5.32 Å². The predicted octanol–water partition coefficient (Wildman–Crippen LogP) is 5.90. The number of nitrogens with zero attached hydrogens (tertiary/aromatic N) is 1. The van der Waals surface area contributed by atoms with Crippen molar-refractivity contribution in [1.82, 2.24) is 10.2 Å². The molecule has 0 aromatic heterocycles. The minimum atomic E-state index is 0.990. The Labute approximate surface area is 145 Å². The molecule has 22 heavy (non-hydrogen) atoms. The average molecular weight is 329 g/mol. The third-order valence-corrected chi connectivity index (χ3v) is 4.56. The van der Waals surface area contributed by atoms with Crippen LogP contribution in [0.5, 0.6) is 0 Å². The van der Waals surface area contributed by atoms with E-state index >= 15 is 0 Å². The second-order valence-electron chi connectivity index (χ2n) is 6.40. The van der Waals surface area contributed by atoms with Gasteiger partial charge in [-0.3, -0.25) is 0 Å². The van der Waals surface area contributed by atoms with E-state index in [-0.39, 0.29) is 0 Å². The van der Waals surface area contributed by atoms with Crippen LogP contribution in [0.4, 0.5) is 0 Å². The lowest BCUT2D eigenvalue weighted by Gasteiger charge is -2.26. The van der Waals surface area contributed by atoms with Gasteiger partial charge in [-0.05, 0) is 31.5 Å². The van der Waals surface area contributed by atoms with Crippen LogP contribution in [0.1, 0.15) is 97.8 Å². The van der Waals surface area contributed by atoms with Crippen LogP contribution in [0.15, 0.2) is 0 Å². The van der Waals surface area contributed by atoms with Gasteiger partial charge >= 0.3 is 0 Å². The first-order valence-electron chi connectivity index (χ1n) is 9.79. The zero-order chi connectivity index (χ0) is 16.5. The van der Waals surface area contributed by atoms with Crippen LogP contribution in [0.2, 0.25) is 0 Å². The highest BCUT2D eigenvalue weighted by molar-refractivity contribution is 7.80. The number of hydrogen-bond donors (Lipinski definition) is 1. The molecule has 0 unspecified atom stereocenters. The SMILES string of the molecule is CCCCCCNC(=S)N(CCCCCC)CCCCCC. The molecule has 0 aliphatic heterocycles. The Balaban J connectivity index is 3.97. The first-order chi connectivity index (χ1) is 10.8. The Hall–Kier alpha value is -0.310. The van der Waals surface area contributed by atoms with Crippen molar-refractivity contribution in [3.8, 4) is 0 Å². The van der Waals surface area contributed by atoms with Gasteiger partial charge in [0.25, 0.3) is 0 Å². The Morgan fingerprint density at radius 1 is 0.682 bits per heavy atom. The Kier molecular flexibility index (Phi) is 16.8. The van der Waals surface area contributed by atoms with Gasteiger partial charge in [-0.1, -0.05) is 78.6 Å². The van der Waals surface area contributed by atoms with Crippen molar-refractivity contribution >= 4 is 17.3 Å². The zero-order valence-corrected chi connectivity index (χ0v) is 16.3. The Morgan fingerprint density at radius 2 is 1.14 bits per heavy atom.